The second-order valence-electron chi connectivity index (χ2n) is 26.4. The van der Waals surface area contributed by atoms with E-state index in [4.69, 9.17) is 17.5 Å². The summed E-state index contributed by atoms with van der Waals surface area (Å²) < 4.78 is 14.8. The van der Waals surface area contributed by atoms with Crippen LogP contribution in [0, 0.1) is 17.8 Å². The number of nitrogens with zero attached hydrogens (tertiary/aromatic N) is 5. The Hall–Kier alpha value is -10.8. The highest BCUT2D eigenvalue weighted by Crippen LogP contribution is 2.26. The second kappa shape index (κ2) is 39.0. The molecule has 8 rings (SSSR count). The average Bonchev–Trinajstić information content (AvgIpc) is 1.76. The first-order chi connectivity index (χ1) is 50.4. The van der Waals surface area contributed by atoms with E-state index in [0.29, 0.717) is 59.3 Å². The molecule has 2 aliphatic rings. The molecule has 2 fully saturated rings. The molecule has 0 radical (unpaired) electrons. The minimum Gasteiger partial charge on any atom is -0.508 e. The van der Waals surface area contributed by atoms with Crippen LogP contribution in [0.3, 0.4) is 0 Å². The molecule has 10 atom stereocenters. The standard InChI is InChI=1S/C72H94N17O14P/c1-4-76-70(101)59-17-11-25-89(59)71(102)54(16-10-24-77-72(73)74)83-65(96)45(26-42(2)3)29-60(91)55(32-49-37-88(41-81-49)36-44-12-6-5-7-13-44)84-66(97)46(27-43-18-20-50(90)21-19-43)30-61(92)58(38-103-64(95)35-79-63(94)39-104)87-68(99)56(28-47-33-78-52-15-9-8-14-51(47)52)85-69(100)57(31-48-34-75-40-80-48)86-67(98)53-22-23-62(93)82-53/h5-9,12-15,18-21,33-34,37,40-42,45-46,53-59,78,90H,4,10-11,16-17,22-32,35-36,38-39,104H2,1-3H3,(H,75,80)(H,76,101)(H,79,94)(H,82,93)(H,83,96)(H,84,97)(H,85,100)(H,86,98)(H,87,99)(H4,73,74,77)/i104D. The number of carbonyl (C=O) groups excluding carboxylic acids is 12. The van der Waals surface area contributed by atoms with Crippen molar-refractivity contribution in [2.45, 2.75) is 153 Å². The fraction of sp³-hybridized carbons (Fsp3) is 0.458. The van der Waals surface area contributed by atoms with Gasteiger partial charge < -0.3 is 83.3 Å². The van der Waals surface area contributed by atoms with Crippen molar-refractivity contribution < 1.29 is 67.4 Å². The predicted molar refractivity (Wildman–Crippen MR) is 386 cm³/mol. The monoisotopic (exact) mass is 1450 g/mol. The van der Waals surface area contributed by atoms with E-state index in [9.17, 15) is 43.5 Å². The first kappa shape index (κ1) is 77.3. The Kier molecular flexibility index (Phi) is 29.0. The largest absolute Gasteiger partial charge is 0.508 e. The number of ether oxygens (including phenoxy) is 1. The van der Waals surface area contributed by atoms with E-state index in [-0.39, 0.29) is 106 Å². The Bertz CT molecular complexity index is 4020. The minimum atomic E-state index is -1.82. The number of hydrogen-bond acceptors (Lipinski definition) is 17. The van der Waals surface area contributed by atoms with Crippen molar-refractivity contribution in [3.63, 3.8) is 0 Å². The smallest absolute Gasteiger partial charge is 0.325 e. The summed E-state index contributed by atoms with van der Waals surface area (Å²) in [6.45, 7) is 4.96. The van der Waals surface area contributed by atoms with E-state index < -0.39 is 148 Å². The van der Waals surface area contributed by atoms with E-state index in [2.05, 4.69) is 67.5 Å². The second-order valence-corrected chi connectivity index (χ2v) is 26.8. The number of likely N-dealkylation sites (tertiary alicyclic amines) is 1. The van der Waals surface area contributed by atoms with Crippen molar-refractivity contribution in [2.75, 3.05) is 38.9 Å². The lowest BCUT2D eigenvalue weighted by Gasteiger charge is -2.30. The highest BCUT2D eigenvalue weighted by Gasteiger charge is 2.41. The molecule has 32 heteroatoms. The third-order valence-electron chi connectivity index (χ3n) is 17.9. The van der Waals surface area contributed by atoms with Crippen LogP contribution in [0.25, 0.3) is 10.9 Å². The van der Waals surface area contributed by atoms with E-state index in [0.717, 1.165) is 5.56 Å². The Morgan fingerprint density at radius 1 is 0.760 bits per heavy atom. The Morgan fingerprint density at radius 2 is 1.45 bits per heavy atom. The molecule has 9 amide bonds. The molecule has 15 N–H and O–H groups in total. The quantitative estimate of drug-likeness (QED) is 0.00827. The molecule has 10 unspecified atom stereocenters. The van der Waals surface area contributed by atoms with Crippen LogP contribution in [0.2, 0.25) is 0 Å². The molecular weight excluding hydrogens is 1360 g/mol. The molecule has 0 bridgehead atoms. The maximum Gasteiger partial charge on any atom is 0.325 e. The number of esters is 1. The van der Waals surface area contributed by atoms with Gasteiger partial charge in [-0.1, -0.05) is 74.5 Å². The summed E-state index contributed by atoms with van der Waals surface area (Å²) in [5.74, 6) is -11.5. The van der Waals surface area contributed by atoms with Crippen molar-refractivity contribution in [3.05, 3.63) is 138 Å². The maximum atomic E-state index is 15.5. The van der Waals surface area contributed by atoms with Gasteiger partial charge in [-0.15, -0.1) is 9.18 Å². The molecule has 556 valence electrons. The number of ketones is 2. The summed E-state index contributed by atoms with van der Waals surface area (Å²) >= 11 is 0. The predicted octanol–water partition coefficient (Wildman–Crippen LogP) is 0.727. The normalized spacial score (nSPS) is 16.4. The summed E-state index contributed by atoms with van der Waals surface area (Å²) in [5.41, 5.74) is 14.6. The van der Waals surface area contributed by atoms with Gasteiger partial charge in [0.15, 0.2) is 17.5 Å². The van der Waals surface area contributed by atoms with Gasteiger partial charge >= 0.3 is 5.97 Å². The molecule has 2 saturated heterocycles. The highest BCUT2D eigenvalue weighted by molar-refractivity contribution is 7.18. The van der Waals surface area contributed by atoms with Crippen LogP contribution in [-0.2, 0) is 94.5 Å². The van der Waals surface area contributed by atoms with Crippen molar-refractivity contribution in [2.24, 2.45) is 34.2 Å². The van der Waals surface area contributed by atoms with Gasteiger partial charge in [-0.05, 0) is 92.7 Å². The van der Waals surface area contributed by atoms with Crippen LogP contribution >= 0.6 is 9.18 Å². The number of aromatic amines is 2. The SMILES string of the molecule is [2H]PCC(=O)NCC(=O)OCC(NC(=O)C(Cc1c[nH]c2ccccc12)NC(=O)C(Cc1cnc[nH]1)NC(=O)C1CCC(=O)N1)C(=O)CC(Cc1ccc(O)cc1)C(=O)NC(Cc1cn(Cc2ccccc2)cn1)C(=O)CC(CC(C)C)C(=O)NC(CCCN=C(N)N)C(=O)N1CCCC1C(=O)NCC. The van der Waals surface area contributed by atoms with Crippen LogP contribution in [0.15, 0.2) is 115 Å². The molecule has 104 heavy (non-hydrogen) atoms. The third kappa shape index (κ3) is 23.9. The number of H-pyrrole nitrogens is 2. The molecule has 6 aromatic rings. The van der Waals surface area contributed by atoms with E-state index >= 15 is 19.2 Å². The lowest BCUT2D eigenvalue weighted by atomic mass is 9.87. The number of hydrogen-bond donors (Lipinski definition) is 13. The number of imidazole rings is 2. The van der Waals surface area contributed by atoms with Gasteiger partial charge in [0.2, 0.25) is 53.2 Å². The summed E-state index contributed by atoms with van der Waals surface area (Å²) in [6.07, 6.45) is 7.02. The molecule has 3 aromatic heterocycles. The first-order valence-electron chi connectivity index (χ1n) is 35.4. The van der Waals surface area contributed by atoms with Crippen LogP contribution in [-0.4, -0.2) is 194 Å². The molecule has 0 spiro atoms. The number of nitrogens with two attached hydrogens (primary N) is 2. The first-order valence-corrected chi connectivity index (χ1v) is 35.6. The van der Waals surface area contributed by atoms with Crippen molar-refractivity contribution in [1.29, 1.82) is 1.28 Å². The van der Waals surface area contributed by atoms with Gasteiger partial charge in [-0.25, -0.2) is 9.97 Å². The third-order valence-corrected chi connectivity index (χ3v) is 18.3. The molecule has 5 heterocycles. The number of nitrogens with one attached hydrogen (secondary N) is 10. The molecule has 31 nitrogen and oxygen atoms in total. The van der Waals surface area contributed by atoms with Crippen LogP contribution in [0.1, 0.15) is 107 Å². The number of aromatic nitrogens is 5. The Morgan fingerprint density at radius 3 is 2.15 bits per heavy atom. The molecular formula is C72H94N17O14P. The van der Waals surface area contributed by atoms with Gasteiger partial charge in [0.1, 0.15) is 55.2 Å². The number of likely N-dealkylation sites (N-methyl/N-ethyl adjacent to an activating group) is 1. The number of fused-ring (bicyclic) bond motifs is 1. The maximum absolute atomic E-state index is 15.5. The van der Waals surface area contributed by atoms with Crippen molar-refractivity contribution in [1.82, 2.24) is 71.9 Å². The van der Waals surface area contributed by atoms with Crippen LogP contribution in [0.5, 0.6) is 5.75 Å². The lowest BCUT2D eigenvalue weighted by molar-refractivity contribution is -0.146. The summed E-state index contributed by atoms with van der Waals surface area (Å²) in [5, 5.41) is 32.7. The number of aromatic hydroxyl groups is 1. The topological polar surface area (TPSA) is 460 Å². The number of aliphatic imine (C=N–C) groups is 1. The number of phenols is 1. The average molecular weight is 1450 g/mol. The van der Waals surface area contributed by atoms with Crippen molar-refractivity contribution in [3.8, 4) is 5.75 Å². The van der Waals surface area contributed by atoms with Gasteiger partial charge in [0.05, 0.1) is 25.7 Å². The van der Waals surface area contributed by atoms with E-state index in [1.807, 2.05) is 44.2 Å². The zero-order valence-electron chi connectivity index (χ0n) is 59.5. The Balaban J connectivity index is 1.12. The van der Waals surface area contributed by atoms with Crippen LogP contribution < -0.4 is 54.0 Å². The summed E-state index contributed by atoms with van der Waals surface area (Å²) in [4.78, 5) is 191. The van der Waals surface area contributed by atoms with E-state index in [1.54, 1.807) is 54.5 Å². The summed E-state index contributed by atoms with van der Waals surface area (Å²) in [6, 6.07) is 13.2. The number of amides is 9. The zero-order chi connectivity index (χ0) is 75.5. The van der Waals surface area contributed by atoms with E-state index in [1.165, 1.54) is 41.7 Å². The van der Waals surface area contributed by atoms with Gasteiger partial charge in [-0.2, -0.15) is 0 Å². The fourth-order valence-electron chi connectivity index (χ4n) is 12.6. The number of rotatable bonds is 41. The van der Waals surface area contributed by atoms with Gasteiger partial charge in [-0.3, -0.25) is 62.5 Å². The number of carbonyl (C=O) groups is 12. The van der Waals surface area contributed by atoms with Crippen molar-refractivity contribution >= 4 is 96.7 Å². The van der Waals surface area contributed by atoms with Gasteiger partial charge in [0, 0.05) is 118 Å². The summed E-state index contributed by atoms with van der Waals surface area (Å²) in [7, 11) is -0.528. The number of para-hydroxylation sites is 1. The lowest BCUT2D eigenvalue weighted by Crippen LogP contribution is -2.58. The van der Waals surface area contributed by atoms with Gasteiger partial charge in [0.25, 0.3) is 0 Å². The highest BCUT2D eigenvalue weighted by atomic mass is 31.0. The molecule has 3 aromatic carbocycles. The molecule has 2 aliphatic heterocycles. The number of guanidine groups is 1. The Labute approximate surface area is 605 Å². The number of phenolic OH excluding ortho intramolecular Hbond substituents is 1. The molecule has 0 aliphatic carbocycles. The zero-order valence-corrected chi connectivity index (χ0v) is 59.5. The fourth-order valence-corrected chi connectivity index (χ4v) is 12.8. The molecule has 0 saturated carbocycles. The number of benzene rings is 3. The number of Topliss-reactive ketones (excluding diaryl/α,β-unsaturated/α-hetero) is 2. The van der Waals surface area contributed by atoms with Crippen LogP contribution in [0.4, 0.5) is 0 Å². The minimum absolute atomic E-state index is 0.0629.